The van der Waals surface area contributed by atoms with Gasteiger partial charge in [0, 0.05) is 6.07 Å². The van der Waals surface area contributed by atoms with Crippen molar-refractivity contribution < 1.29 is 23.8 Å². The number of ether oxygens (including phenoxy) is 2. The van der Waals surface area contributed by atoms with Gasteiger partial charge in [-0.15, -0.1) is 0 Å². The molecule has 1 aliphatic heterocycles. The maximum Gasteiger partial charge on any atom is 0.335 e. The van der Waals surface area contributed by atoms with E-state index in [1.54, 1.807) is 0 Å². The van der Waals surface area contributed by atoms with E-state index in [-0.39, 0.29) is 23.0 Å². The van der Waals surface area contributed by atoms with E-state index in [0.29, 0.717) is 6.61 Å². The molecule has 0 bridgehead atoms. The molecule has 1 fully saturated rings. The Morgan fingerprint density at radius 2 is 2.26 bits per heavy atom. The smallest absolute Gasteiger partial charge is 0.335 e. The molecular formula is C14H17FO4. The normalized spacial score (nSPS) is 21.3. The minimum Gasteiger partial charge on any atom is -0.491 e. The van der Waals surface area contributed by atoms with E-state index in [2.05, 4.69) is 0 Å². The number of carboxylic acid groups (broad SMARTS) is 1. The summed E-state index contributed by atoms with van der Waals surface area (Å²) in [6.45, 7) is 4.32. The Kier molecular flexibility index (Phi) is 3.75. The largest absolute Gasteiger partial charge is 0.491 e. The van der Waals surface area contributed by atoms with Crippen molar-refractivity contribution in [3.63, 3.8) is 0 Å². The molecule has 1 aromatic carbocycles. The SMILES string of the molecule is CC1(C)CCC(COc2cc(F)cc(C(=O)O)c2)O1. The lowest BCUT2D eigenvalue weighted by Gasteiger charge is -2.19. The molecule has 5 heteroatoms. The summed E-state index contributed by atoms with van der Waals surface area (Å²) in [6, 6.07) is 3.45. The van der Waals surface area contributed by atoms with Gasteiger partial charge in [0.25, 0.3) is 0 Å². The van der Waals surface area contributed by atoms with Crippen LogP contribution in [0.5, 0.6) is 5.75 Å². The van der Waals surface area contributed by atoms with Crippen LogP contribution in [0.4, 0.5) is 4.39 Å². The standard InChI is InChI=1S/C14H17FO4/c1-14(2)4-3-11(19-14)8-18-12-6-9(13(16)17)5-10(15)7-12/h5-7,11H,3-4,8H2,1-2H3,(H,16,17). The number of hydrogen-bond donors (Lipinski definition) is 1. The van der Waals surface area contributed by atoms with Gasteiger partial charge >= 0.3 is 5.97 Å². The van der Waals surface area contributed by atoms with E-state index in [9.17, 15) is 9.18 Å². The van der Waals surface area contributed by atoms with Crippen LogP contribution < -0.4 is 4.74 Å². The van der Waals surface area contributed by atoms with Crippen LogP contribution in [-0.4, -0.2) is 29.4 Å². The zero-order valence-electron chi connectivity index (χ0n) is 11.0. The maximum atomic E-state index is 13.2. The van der Waals surface area contributed by atoms with Crippen LogP contribution >= 0.6 is 0 Å². The number of hydrogen-bond acceptors (Lipinski definition) is 3. The number of aromatic carboxylic acids is 1. The second-order valence-electron chi connectivity index (χ2n) is 5.33. The van der Waals surface area contributed by atoms with Gasteiger partial charge in [-0.2, -0.15) is 0 Å². The van der Waals surface area contributed by atoms with Crippen molar-refractivity contribution in [1.29, 1.82) is 0 Å². The van der Waals surface area contributed by atoms with Gasteiger partial charge in [-0.05, 0) is 38.8 Å². The Balaban J connectivity index is 1.98. The molecule has 19 heavy (non-hydrogen) atoms. The van der Waals surface area contributed by atoms with Crippen molar-refractivity contribution in [2.24, 2.45) is 0 Å². The second-order valence-corrected chi connectivity index (χ2v) is 5.33. The molecule has 2 rings (SSSR count). The van der Waals surface area contributed by atoms with Crippen LogP contribution in [0.15, 0.2) is 18.2 Å². The van der Waals surface area contributed by atoms with Gasteiger partial charge in [0.15, 0.2) is 0 Å². The van der Waals surface area contributed by atoms with Crippen molar-refractivity contribution in [3.05, 3.63) is 29.6 Å². The summed E-state index contributed by atoms with van der Waals surface area (Å²) in [4.78, 5) is 10.8. The van der Waals surface area contributed by atoms with Gasteiger partial charge in [-0.3, -0.25) is 0 Å². The Morgan fingerprint density at radius 3 is 2.84 bits per heavy atom. The van der Waals surface area contributed by atoms with Crippen LogP contribution in [0.25, 0.3) is 0 Å². The molecule has 0 aliphatic carbocycles. The highest BCUT2D eigenvalue weighted by Gasteiger charge is 2.31. The number of halogens is 1. The van der Waals surface area contributed by atoms with Gasteiger partial charge in [0.05, 0.1) is 17.3 Å². The van der Waals surface area contributed by atoms with Gasteiger partial charge in [-0.25, -0.2) is 9.18 Å². The van der Waals surface area contributed by atoms with Crippen LogP contribution in [0, 0.1) is 5.82 Å². The lowest BCUT2D eigenvalue weighted by atomic mass is 10.1. The zero-order valence-corrected chi connectivity index (χ0v) is 11.0. The molecule has 0 aromatic heterocycles. The first-order chi connectivity index (χ1) is 8.85. The van der Waals surface area contributed by atoms with E-state index in [1.807, 2.05) is 13.8 Å². The molecule has 1 atom stereocenters. The Bertz CT molecular complexity index is 484. The molecule has 0 radical (unpaired) electrons. The molecule has 1 N–H and O–H groups in total. The summed E-state index contributed by atoms with van der Waals surface area (Å²) in [7, 11) is 0. The van der Waals surface area contributed by atoms with Crippen molar-refractivity contribution in [2.45, 2.75) is 38.4 Å². The molecular weight excluding hydrogens is 251 g/mol. The van der Waals surface area contributed by atoms with Crippen LogP contribution in [-0.2, 0) is 4.74 Å². The monoisotopic (exact) mass is 268 g/mol. The van der Waals surface area contributed by atoms with Gasteiger partial charge in [-0.1, -0.05) is 0 Å². The molecule has 1 aliphatic rings. The van der Waals surface area contributed by atoms with Gasteiger partial charge < -0.3 is 14.6 Å². The molecule has 0 amide bonds. The first kappa shape index (κ1) is 13.8. The van der Waals surface area contributed by atoms with Crippen LogP contribution in [0.1, 0.15) is 37.0 Å². The number of benzene rings is 1. The maximum absolute atomic E-state index is 13.2. The zero-order chi connectivity index (χ0) is 14.0. The third kappa shape index (κ3) is 3.67. The highest BCUT2D eigenvalue weighted by molar-refractivity contribution is 5.88. The van der Waals surface area contributed by atoms with Crippen LogP contribution in [0.3, 0.4) is 0 Å². The van der Waals surface area contributed by atoms with E-state index in [0.717, 1.165) is 18.9 Å². The first-order valence-corrected chi connectivity index (χ1v) is 6.20. The fourth-order valence-electron chi connectivity index (χ4n) is 2.15. The lowest BCUT2D eigenvalue weighted by molar-refractivity contribution is -0.0326. The average Bonchev–Trinajstić information content (AvgIpc) is 2.65. The molecule has 1 saturated heterocycles. The minimum absolute atomic E-state index is 0.0356. The summed E-state index contributed by atoms with van der Waals surface area (Å²) < 4.78 is 24.4. The quantitative estimate of drug-likeness (QED) is 0.912. The van der Waals surface area contributed by atoms with E-state index in [1.165, 1.54) is 12.1 Å². The number of rotatable bonds is 4. The fourth-order valence-corrected chi connectivity index (χ4v) is 2.15. The average molecular weight is 268 g/mol. The molecule has 1 aromatic rings. The molecule has 1 unspecified atom stereocenters. The van der Waals surface area contributed by atoms with Gasteiger partial charge in [0.2, 0.25) is 0 Å². The van der Waals surface area contributed by atoms with Crippen molar-refractivity contribution in [2.75, 3.05) is 6.61 Å². The highest BCUT2D eigenvalue weighted by Crippen LogP contribution is 2.29. The Labute approximate surface area is 111 Å². The van der Waals surface area contributed by atoms with E-state index >= 15 is 0 Å². The molecule has 0 saturated carbocycles. The number of carboxylic acids is 1. The van der Waals surface area contributed by atoms with E-state index < -0.39 is 11.8 Å². The lowest BCUT2D eigenvalue weighted by Crippen LogP contribution is -2.24. The van der Waals surface area contributed by atoms with Crippen LogP contribution in [0.2, 0.25) is 0 Å². The fraction of sp³-hybridized carbons (Fsp3) is 0.500. The summed E-state index contributed by atoms with van der Waals surface area (Å²) in [5.41, 5.74) is -0.273. The molecule has 4 nitrogen and oxygen atoms in total. The topological polar surface area (TPSA) is 55.8 Å². The third-order valence-corrected chi connectivity index (χ3v) is 3.11. The predicted octanol–water partition coefficient (Wildman–Crippen LogP) is 2.86. The Hall–Kier alpha value is -1.62. The van der Waals surface area contributed by atoms with Crippen molar-refractivity contribution in [1.82, 2.24) is 0 Å². The molecule has 104 valence electrons. The minimum atomic E-state index is -1.18. The summed E-state index contributed by atoms with van der Waals surface area (Å²) in [6.07, 6.45) is 1.80. The predicted molar refractivity (Wildman–Crippen MR) is 67.0 cm³/mol. The molecule has 1 heterocycles. The first-order valence-electron chi connectivity index (χ1n) is 6.20. The number of carbonyl (C=O) groups is 1. The highest BCUT2D eigenvalue weighted by atomic mass is 19.1. The Morgan fingerprint density at radius 1 is 1.53 bits per heavy atom. The third-order valence-electron chi connectivity index (χ3n) is 3.11. The van der Waals surface area contributed by atoms with E-state index in [4.69, 9.17) is 14.6 Å². The molecule has 0 spiro atoms. The van der Waals surface area contributed by atoms with Gasteiger partial charge in [0.1, 0.15) is 18.2 Å². The summed E-state index contributed by atoms with van der Waals surface area (Å²) >= 11 is 0. The van der Waals surface area contributed by atoms with Crippen molar-refractivity contribution >= 4 is 5.97 Å². The van der Waals surface area contributed by atoms with Crippen molar-refractivity contribution in [3.8, 4) is 5.75 Å². The second kappa shape index (κ2) is 5.17. The summed E-state index contributed by atoms with van der Waals surface area (Å²) in [5, 5.41) is 8.84. The summed E-state index contributed by atoms with van der Waals surface area (Å²) in [5.74, 6) is -1.59.